The molecule has 2 aromatic heterocycles. The standard InChI is InChI=1S/C28H22N2O3/c1-16-12-18-7-9-24(32)27-26(18)23(13-16)30(19-8-6-17-10-11-29-22(17)14-19)28(27)20-4-3-5-25(33-2)21(20)15-31/h3-14,29,31H,15H2,1-2H3. The van der Waals surface area contributed by atoms with Gasteiger partial charge in [-0.2, -0.15) is 0 Å². The van der Waals surface area contributed by atoms with Crippen molar-refractivity contribution in [3.63, 3.8) is 0 Å². The van der Waals surface area contributed by atoms with Gasteiger partial charge in [-0.05, 0) is 59.8 Å². The fourth-order valence-electron chi connectivity index (χ4n) is 5.05. The molecule has 5 nitrogen and oxygen atoms in total. The van der Waals surface area contributed by atoms with Gasteiger partial charge in [-0.15, -0.1) is 0 Å². The van der Waals surface area contributed by atoms with Gasteiger partial charge in [-0.25, -0.2) is 0 Å². The van der Waals surface area contributed by atoms with Crippen LogP contribution >= 0.6 is 0 Å². The number of fused-ring (bicyclic) bond motifs is 1. The van der Waals surface area contributed by atoms with Crippen LogP contribution in [-0.2, 0) is 6.61 Å². The summed E-state index contributed by atoms with van der Waals surface area (Å²) in [6.45, 7) is 1.86. The number of hydrogen-bond donors (Lipinski definition) is 2. The molecule has 6 rings (SSSR count). The van der Waals surface area contributed by atoms with Crippen LogP contribution in [0, 0.1) is 6.92 Å². The highest BCUT2D eigenvalue weighted by atomic mass is 16.5. The number of allylic oxidation sites excluding steroid dienone is 1. The quantitative estimate of drug-likeness (QED) is 0.376. The molecule has 1 aliphatic carbocycles. The van der Waals surface area contributed by atoms with Gasteiger partial charge in [0, 0.05) is 33.9 Å². The average molecular weight is 434 g/mol. The number of rotatable bonds is 4. The van der Waals surface area contributed by atoms with Crippen molar-refractivity contribution >= 4 is 33.7 Å². The Morgan fingerprint density at radius 2 is 1.94 bits per heavy atom. The van der Waals surface area contributed by atoms with E-state index in [0.29, 0.717) is 16.9 Å². The van der Waals surface area contributed by atoms with Crippen LogP contribution in [0.1, 0.15) is 27.0 Å². The molecule has 0 aliphatic heterocycles. The lowest BCUT2D eigenvalue weighted by Crippen LogP contribution is -2.05. The normalized spacial score (nSPS) is 12.8. The lowest BCUT2D eigenvalue weighted by Gasteiger charge is -2.17. The molecular weight excluding hydrogens is 412 g/mol. The fourth-order valence-corrected chi connectivity index (χ4v) is 5.05. The first kappa shape index (κ1) is 19.6. The van der Waals surface area contributed by atoms with E-state index in [2.05, 4.69) is 46.8 Å². The molecule has 2 N–H and O–H groups in total. The maximum absolute atomic E-state index is 13.3. The monoisotopic (exact) mass is 434 g/mol. The molecule has 3 aromatic carbocycles. The Morgan fingerprint density at radius 3 is 2.76 bits per heavy atom. The van der Waals surface area contributed by atoms with Crippen LogP contribution in [0.25, 0.3) is 44.8 Å². The molecule has 0 saturated carbocycles. The third-order valence-corrected chi connectivity index (χ3v) is 6.47. The predicted molar refractivity (Wildman–Crippen MR) is 131 cm³/mol. The molecule has 162 valence electrons. The zero-order valence-electron chi connectivity index (χ0n) is 18.3. The predicted octanol–water partition coefficient (Wildman–Crippen LogP) is 5.80. The van der Waals surface area contributed by atoms with E-state index in [1.165, 1.54) is 0 Å². The van der Waals surface area contributed by atoms with Crippen molar-refractivity contribution in [2.24, 2.45) is 0 Å². The molecular formula is C28H22N2O3. The smallest absolute Gasteiger partial charge is 0.188 e. The number of aromatic nitrogens is 2. The number of carbonyl (C=O) groups is 1. The number of aliphatic hydroxyl groups is 1. The van der Waals surface area contributed by atoms with E-state index >= 15 is 0 Å². The van der Waals surface area contributed by atoms with Gasteiger partial charge in [0.1, 0.15) is 5.75 Å². The average Bonchev–Trinajstić information content (AvgIpc) is 3.43. The van der Waals surface area contributed by atoms with Gasteiger partial charge in [-0.1, -0.05) is 30.3 Å². The van der Waals surface area contributed by atoms with Crippen LogP contribution in [0.3, 0.4) is 0 Å². The summed E-state index contributed by atoms with van der Waals surface area (Å²) < 4.78 is 7.69. The Morgan fingerprint density at radius 1 is 1.06 bits per heavy atom. The van der Waals surface area contributed by atoms with Crippen molar-refractivity contribution in [1.82, 2.24) is 9.55 Å². The van der Waals surface area contributed by atoms with Gasteiger partial charge >= 0.3 is 0 Å². The van der Waals surface area contributed by atoms with Gasteiger partial charge < -0.3 is 19.4 Å². The van der Waals surface area contributed by atoms with E-state index < -0.39 is 0 Å². The molecule has 5 aromatic rings. The minimum Gasteiger partial charge on any atom is -0.496 e. The van der Waals surface area contributed by atoms with Crippen LogP contribution in [0.5, 0.6) is 5.75 Å². The van der Waals surface area contributed by atoms with Crippen molar-refractivity contribution in [3.8, 4) is 22.7 Å². The van der Waals surface area contributed by atoms with Gasteiger partial charge in [0.2, 0.25) is 0 Å². The van der Waals surface area contributed by atoms with Gasteiger partial charge in [0.05, 0.1) is 30.5 Å². The molecule has 0 radical (unpaired) electrons. The number of methoxy groups -OCH3 is 1. The Bertz CT molecular complexity index is 1620. The summed E-state index contributed by atoms with van der Waals surface area (Å²) in [7, 11) is 1.59. The van der Waals surface area contributed by atoms with Crippen molar-refractivity contribution in [2.75, 3.05) is 7.11 Å². The molecule has 0 atom stereocenters. The number of nitrogens with one attached hydrogen (secondary N) is 1. The molecule has 5 heteroatoms. The van der Waals surface area contributed by atoms with Gasteiger partial charge in [-0.3, -0.25) is 4.79 Å². The van der Waals surface area contributed by atoms with Crippen molar-refractivity contribution in [2.45, 2.75) is 13.5 Å². The molecule has 0 bridgehead atoms. The van der Waals surface area contributed by atoms with Crippen molar-refractivity contribution < 1.29 is 14.6 Å². The summed E-state index contributed by atoms with van der Waals surface area (Å²) in [5.41, 5.74) is 7.90. The molecule has 0 fully saturated rings. The second kappa shape index (κ2) is 7.22. The van der Waals surface area contributed by atoms with E-state index in [1.54, 1.807) is 13.2 Å². The van der Waals surface area contributed by atoms with E-state index in [-0.39, 0.29) is 12.4 Å². The molecule has 0 amide bonds. The Labute approximate surface area is 190 Å². The number of carbonyl (C=O) groups excluding carboxylic acids is 1. The zero-order valence-corrected chi connectivity index (χ0v) is 18.3. The second-order valence-corrected chi connectivity index (χ2v) is 8.40. The van der Waals surface area contributed by atoms with Crippen LogP contribution in [0.4, 0.5) is 0 Å². The molecule has 33 heavy (non-hydrogen) atoms. The van der Waals surface area contributed by atoms with Crippen LogP contribution < -0.4 is 4.74 Å². The SMILES string of the molecule is COc1cccc(-c2c3c4c(cc(C)cc4n2-c2ccc4cc[nH]c4c2)C=CC3=O)c1CO. The summed E-state index contributed by atoms with van der Waals surface area (Å²) in [4.78, 5) is 16.6. The number of benzene rings is 3. The first-order valence-corrected chi connectivity index (χ1v) is 10.9. The number of aryl methyl sites for hydroxylation is 1. The van der Waals surface area contributed by atoms with E-state index in [4.69, 9.17) is 4.74 Å². The number of ether oxygens (including phenoxy) is 1. The third kappa shape index (κ3) is 2.79. The van der Waals surface area contributed by atoms with Crippen molar-refractivity contribution in [3.05, 3.63) is 89.1 Å². The summed E-state index contributed by atoms with van der Waals surface area (Å²) in [6, 6.07) is 18.2. The number of aromatic amines is 1. The number of ketones is 1. The van der Waals surface area contributed by atoms with Crippen LogP contribution in [0.2, 0.25) is 0 Å². The lowest BCUT2D eigenvalue weighted by molar-refractivity contribution is 0.104. The number of aliphatic hydroxyl groups excluding tert-OH is 1. The summed E-state index contributed by atoms with van der Waals surface area (Å²) in [5, 5.41) is 12.3. The largest absolute Gasteiger partial charge is 0.496 e. The third-order valence-electron chi connectivity index (χ3n) is 6.47. The maximum Gasteiger partial charge on any atom is 0.188 e. The highest BCUT2D eigenvalue weighted by molar-refractivity contribution is 6.24. The summed E-state index contributed by atoms with van der Waals surface area (Å²) in [6.07, 6.45) is 5.45. The first-order chi connectivity index (χ1) is 16.1. The Balaban J connectivity index is 1.81. The number of H-pyrrole nitrogens is 1. The molecule has 2 heterocycles. The summed E-state index contributed by atoms with van der Waals surface area (Å²) >= 11 is 0. The molecule has 0 saturated heterocycles. The topological polar surface area (TPSA) is 67.2 Å². The molecule has 0 unspecified atom stereocenters. The fraction of sp³-hybridized carbons (Fsp3) is 0.107. The number of nitrogens with zero attached hydrogens (tertiary/aromatic N) is 1. The molecule has 1 aliphatic rings. The van der Waals surface area contributed by atoms with Gasteiger partial charge in [0.15, 0.2) is 5.78 Å². The first-order valence-electron chi connectivity index (χ1n) is 10.9. The minimum absolute atomic E-state index is 0.0437. The molecule has 0 spiro atoms. The van der Waals surface area contributed by atoms with E-state index in [9.17, 15) is 9.90 Å². The summed E-state index contributed by atoms with van der Waals surface area (Å²) in [5.74, 6) is 0.548. The second-order valence-electron chi connectivity index (χ2n) is 8.40. The highest BCUT2D eigenvalue weighted by Crippen LogP contribution is 2.43. The lowest BCUT2D eigenvalue weighted by atomic mass is 9.92. The Kier molecular flexibility index (Phi) is 4.28. The minimum atomic E-state index is -0.202. The van der Waals surface area contributed by atoms with E-state index in [1.807, 2.05) is 36.5 Å². The van der Waals surface area contributed by atoms with Crippen LogP contribution in [0.15, 0.2) is 66.9 Å². The van der Waals surface area contributed by atoms with E-state index in [0.717, 1.165) is 49.9 Å². The number of hydrogen-bond acceptors (Lipinski definition) is 3. The maximum atomic E-state index is 13.3. The Hall–Kier alpha value is -4.09. The highest BCUT2D eigenvalue weighted by Gasteiger charge is 2.29. The van der Waals surface area contributed by atoms with Gasteiger partial charge in [0.25, 0.3) is 0 Å². The zero-order chi connectivity index (χ0) is 22.7. The van der Waals surface area contributed by atoms with Crippen molar-refractivity contribution in [1.29, 1.82) is 0 Å². The van der Waals surface area contributed by atoms with Crippen LogP contribution in [-0.4, -0.2) is 27.6 Å².